The van der Waals surface area contributed by atoms with E-state index in [0.717, 1.165) is 6.54 Å². The number of carbonyl (C=O) groups excluding carboxylic acids is 1. The number of amides is 1. The number of rotatable bonds is 3. The number of ether oxygens (including phenoxy) is 1. The number of thiazole rings is 1. The molecule has 1 aromatic heterocycles. The lowest BCUT2D eigenvalue weighted by Gasteiger charge is -2.22. The molecule has 1 unspecified atom stereocenters. The average molecular weight is 255 g/mol. The van der Waals surface area contributed by atoms with E-state index >= 15 is 0 Å². The number of morpholine rings is 1. The van der Waals surface area contributed by atoms with Crippen molar-refractivity contribution in [3.05, 3.63) is 11.1 Å². The summed E-state index contributed by atoms with van der Waals surface area (Å²) >= 11 is 1.51. The monoisotopic (exact) mass is 255 g/mol. The highest BCUT2D eigenvalue weighted by Gasteiger charge is 2.22. The number of aromatic nitrogens is 1. The zero-order chi connectivity index (χ0) is 12.3. The van der Waals surface area contributed by atoms with Crippen molar-refractivity contribution in [3.63, 3.8) is 0 Å². The van der Waals surface area contributed by atoms with Gasteiger partial charge in [-0.15, -0.1) is 11.3 Å². The Kier molecular flexibility index (Phi) is 4.09. The normalized spacial score (nSPS) is 20.5. The van der Waals surface area contributed by atoms with Crippen LogP contribution in [-0.4, -0.2) is 36.7 Å². The number of hydrogen-bond donors (Lipinski definition) is 2. The van der Waals surface area contributed by atoms with E-state index in [1.165, 1.54) is 16.2 Å². The molecule has 1 fully saturated rings. The van der Waals surface area contributed by atoms with Crippen molar-refractivity contribution in [1.29, 1.82) is 0 Å². The van der Waals surface area contributed by atoms with Crippen molar-refractivity contribution < 1.29 is 9.53 Å². The molecular formula is C11H17N3O2S. The Morgan fingerprint density at radius 1 is 1.71 bits per heavy atom. The Bertz CT molecular complexity index is 386. The number of nitrogens with zero attached hydrogens (tertiary/aromatic N) is 1. The summed E-state index contributed by atoms with van der Waals surface area (Å²) in [5.41, 5.74) is 0. The molecule has 6 heteroatoms. The molecule has 0 spiro atoms. The molecule has 1 saturated heterocycles. The quantitative estimate of drug-likeness (QED) is 0.851. The van der Waals surface area contributed by atoms with Crippen molar-refractivity contribution >= 4 is 22.4 Å². The van der Waals surface area contributed by atoms with E-state index in [0.29, 0.717) is 24.2 Å². The lowest BCUT2D eigenvalue weighted by molar-refractivity contribution is -0.128. The van der Waals surface area contributed by atoms with Crippen LogP contribution in [0, 0.1) is 0 Å². The molecule has 0 bridgehead atoms. The van der Waals surface area contributed by atoms with Gasteiger partial charge in [-0.05, 0) is 5.92 Å². The minimum Gasteiger partial charge on any atom is -0.366 e. The van der Waals surface area contributed by atoms with Gasteiger partial charge < -0.3 is 10.1 Å². The van der Waals surface area contributed by atoms with E-state index in [1.807, 2.05) is 6.20 Å². The highest BCUT2D eigenvalue weighted by Crippen LogP contribution is 2.25. The van der Waals surface area contributed by atoms with Crippen LogP contribution in [-0.2, 0) is 9.53 Å². The molecule has 1 aliphatic heterocycles. The van der Waals surface area contributed by atoms with Crippen molar-refractivity contribution in [3.8, 4) is 0 Å². The van der Waals surface area contributed by atoms with Crippen LogP contribution in [0.2, 0.25) is 0 Å². The topological polar surface area (TPSA) is 63.2 Å². The van der Waals surface area contributed by atoms with Gasteiger partial charge in [-0.3, -0.25) is 10.1 Å². The van der Waals surface area contributed by atoms with Gasteiger partial charge in [-0.1, -0.05) is 13.8 Å². The van der Waals surface area contributed by atoms with Gasteiger partial charge in [0, 0.05) is 24.2 Å². The first-order valence-electron chi connectivity index (χ1n) is 5.75. The van der Waals surface area contributed by atoms with Gasteiger partial charge in [0.25, 0.3) is 5.91 Å². The lowest BCUT2D eigenvalue weighted by atomic mass is 10.2. The summed E-state index contributed by atoms with van der Waals surface area (Å²) < 4.78 is 5.37. The molecule has 17 heavy (non-hydrogen) atoms. The zero-order valence-corrected chi connectivity index (χ0v) is 10.8. The summed E-state index contributed by atoms with van der Waals surface area (Å²) in [5, 5.41) is 6.56. The highest BCUT2D eigenvalue weighted by molar-refractivity contribution is 7.15. The maximum absolute atomic E-state index is 11.8. The molecule has 0 radical (unpaired) electrons. The van der Waals surface area contributed by atoms with E-state index in [4.69, 9.17) is 4.74 Å². The Morgan fingerprint density at radius 3 is 3.12 bits per heavy atom. The fraction of sp³-hybridized carbons (Fsp3) is 0.636. The molecule has 5 nitrogen and oxygen atoms in total. The minimum absolute atomic E-state index is 0.123. The standard InChI is InChI=1S/C11H17N3O2S/c1-7(2)9-6-13-11(17-9)14-10(15)8-5-12-3-4-16-8/h6-8,12H,3-5H2,1-2H3,(H,13,14,15). The van der Waals surface area contributed by atoms with Gasteiger partial charge in [0.1, 0.15) is 6.10 Å². The molecular weight excluding hydrogens is 238 g/mol. The van der Waals surface area contributed by atoms with Crippen molar-refractivity contribution in [2.45, 2.75) is 25.9 Å². The number of nitrogens with one attached hydrogen (secondary N) is 2. The van der Waals surface area contributed by atoms with E-state index in [1.54, 1.807) is 0 Å². The van der Waals surface area contributed by atoms with Crippen molar-refractivity contribution in [1.82, 2.24) is 10.3 Å². The Hall–Kier alpha value is -0.980. The van der Waals surface area contributed by atoms with E-state index in [9.17, 15) is 4.79 Å². The second kappa shape index (κ2) is 5.57. The number of hydrogen-bond acceptors (Lipinski definition) is 5. The summed E-state index contributed by atoms with van der Waals surface area (Å²) in [7, 11) is 0. The molecule has 1 atom stereocenters. The molecule has 2 N–H and O–H groups in total. The SMILES string of the molecule is CC(C)c1cnc(NC(=O)C2CNCCO2)s1. The molecule has 0 aromatic carbocycles. The molecule has 94 valence electrons. The van der Waals surface area contributed by atoms with Gasteiger partial charge >= 0.3 is 0 Å². The second-order valence-corrected chi connectivity index (χ2v) is 5.34. The first-order valence-corrected chi connectivity index (χ1v) is 6.57. The van der Waals surface area contributed by atoms with Gasteiger partial charge in [0.15, 0.2) is 5.13 Å². The Labute approximate surface area is 105 Å². The predicted octanol–water partition coefficient (Wildman–Crippen LogP) is 1.19. The maximum Gasteiger partial charge on any atom is 0.256 e. The van der Waals surface area contributed by atoms with Crippen LogP contribution in [0.15, 0.2) is 6.20 Å². The number of anilines is 1. The fourth-order valence-corrected chi connectivity index (χ4v) is 2.35. The van der Waals surface area contributed by atoms with Crippen molar-refractivity contribution in [2.24, 2.45) is 0 Å². The van der Waals surface area contributed by atoms with Gasteiger partial charge in [0.2, 0.25) is 0 Å². The zero-order valence-electron chi connectivity index (χ0n) is 10.0. The van der Waals surface area contributed by atoms with Crippen LogP contribution in [0.5, 0.6) is 0 Å². The van der Waals surface area contributed by atoms with Crippen LogP contribution in [0.3, 0.4) is 0 Å². The summed E-state index contributed by atoms with van der Waals surface area (Å²) in [6.45, 7) is 6.15. The summed E-state index contributed by atoms with van der Waals surface area (Å²) in [4.78, 5) is 17.2. The van der Waals surface area contributed by atoms with Crippen LogP contribution < -0.4 is 10.6 Å². The highest BCUT2D eigenvalue weighted by atomic mass is 32.1. The number of carbonyl (C=O) groups is 1. The molecule has 0 aliphatic carbocycles. The van der Waals surface area contributed by atoms with Crippen LogP contribution >= 0.6 is 11.3 Å². The summed E-state index contributed by atoms with van der Waals surface area (Å²) in [6, 6.07) is 0. The lowest BCUT2D eigenvalue weighted by Crippen LogP contribution is -2.45. The first kappa shape index (κ1) is 12.5. The predicted molar refractivity (Wildman–Crippen MR) is 67.4 cm³/mol. The molecule has 2 heterocycles. The van der Waals surface area contributed by atoms with Gasteiger partial charge in [0.05, 0.1) is 6.61 Å². The van der Waals surface area contributed by atoms with Crippen LogP contribution in [0.25, 0.3) is 0 Å². The minimum atomic E-state index is -0.407. The third-order valence-corrected chi connectivity index (χ3v) is 3.76. The summed E-state index contributed by atoms with van der Waals surface area (Å²) in [6.07, 6.45) is 1.40. The van der Waals surface area contributed by atoms with Gasteiger partial charge in [-0.2, -0.15) is 0 Å². The maximum atomic E-state index is 11.8. The van der Waals surface area contributed by atoms with E-state index in [2.05, 4.69) is 29.5 Å². The Balaban J connectivity index is 1.92. The third-order valence-electron chi connectivity index (χ3n) is 2.54. The third kappa shape index (κ3) is 3.24. The largest absolute Gasteiger partial charge is 0.366 e. The van der Waals surface area contributed by atoms with E-state index < -0.39 is 6.10 Å². The first-order chi connectivity index (χ1) is 8.16. The fourth-order valence-electron chi connectivity index (χ4n) is 1.53. The van der Waals surface area contributed by atoms with E-state index in [-0.39, 0.29) is 5.91 Å². The van der Waals surface area contributed by atoms with Gasteiger partial charge in [-0.25, -0.2) is 4.98 Å². The van der Waals surface area contributed by atoms with Crippen molar-refractivity contribution in [2.75, 3.05) is 25.0 Å². The Morgan fingerprint density at radius 2 is 2.53 bits per heavy atom. The molecule has 1 aromatic rings. The molecule has 1 amide bonds. The molecule has 2 rings (SSSR count). The molecule has 1 aliphatic rings. The smallest absolute Gasteiger partial charge is 0.256 e. The summed E-state index contributed by atoms with van der Waals surface area (Å²) in [5.74, 6) is 0.313. The van der Waals surface area contributed by atoms with Crippen LogP contribution in [0.4, 0.5) is 5.13 Å². The van der Waals surface area contributed by atoms with Crippen LogP contribution in [0.1, 0.15) is 24.6 Å². The second-order valence-electron chi connectivity index (χ2n) is 4.28. The average Bonchev–Trinajstić information content (AvgIpc) is 2.79. The molecule has 0 saturated carbocycles.